The number of nitrogen functional groups attached to an aromatic ring is 2. The molecule has 0 saturated carbocycles. The van der Waals surface area contributed by atoms with Gasteiger partial charge in [-0.2, -0.15) is 20.8 Å². The Morgan fingerprint density at radius 2 is 0.958 bits per heavy atom. The second kappa shape index (κ2) is 22.2. The zero-order valence-electron chi connectivity index (χ0n) is 41.6. The van der Waals surface area contributed by atoms with Crippen LogP contribution >= 0.6 is 0 Å². The monoisotopic (exact) mass is 963 g/mol. The lowest BCUT2D eigenvalue weighted by Crippen LogP contribution is -2.29. The van der Waals surface area contributed by atoms with E-state index in [-0.39, 0.29) is 37.5 Å². The number of amides is 2. The fraction of sp³-hybridized carbons (Fsp3) is 0.357. The van der Waals surface area contributed by atoms with E-state index >= 15 is 0 Å². The van der Waals surface area contributed by atoms with Crippen LogP contribution in [0, 0.1) is 22.7 Å². The summed E-state index contributed by atoms with van der Waals surface area (Å²) >= 11 is 0. The lowest BCUT2D eigenvalue weighted by Gasteiger charge is -2.19. The highest BCUT2D eigenvalue weighted by atomic mass is 16.2. The summed E-state index contributed by atoms with van der Waals surface area (Å²) in [5, 5.41) is 36.6. The minimum Gasteiger partial charge on any atom is -0.382 e. The molecule has 4 aromatic carbocycles. The van der Waals surface area contributed by atoms with Gasteiger partial charge in [-0.15, -0.1) is 0 Å². The standard InChI is InChI=1S/C56H62N14O2/c1-5-7-17-45-65-49-51(41-13-9-11-15-43(41)63-53(49)59)69(45)33-39-23-19-37(20-24-39)31-61-47(71)27-29-55(3,35-57)67-68-56(4,36-58)30-28-48(72)62-32-38-21-25-40(26-22-38)34-70-46(18-8-6-2)66-50-52(70)42-14-10-12-16-44(42)64-54(50)60/h9-16,19-26H,5-8,17-18,27-34H2,1-4H3,(H2,59,63)(H2,60,64)(H,61,71)(H,62,72)/b68-67+. The van der Waals surface area contributed by atoms with Crippen molar-refractivity contribution in [2.75, 3.05) is 11.5 Å². The van der Waals surface area contributed by atoms with Crippen LogP contribution in [-0.4, -0.2) is 52.0 Å². The third kappa shape index (κ3) is 11.5. The van der Waals surface area contributed by atoms with Crippen LogP contribution in [0.25, 0.3) is 43.9 Å². The van der Waals surface area contributed by atoms with Gasteiger partial charge in [0.05, 0.1) is 34.2 Å². The number of aromatic nitrogens is 6. The molecular weight excluding hydrogens is 901 g/mol. The van der Waals surface area contributed by atoms with Crippen molar-refractivity contribution >= 4 is 67.3 Å². The molecule has 16 heteroatoms. The number of imidazole rings is 2. The van der Waals surface area contributed by atoms with Crippen molar-refractivity contribution in [1.82, 2.24) is 39.7 Å². The molecule has 72 heavy (non-hydrogen) atoms. The second-order valence-electron chi connectivity index (χ2n) is 19.0. The number of nitriles is 2. The van der Waals surface area contributed by atoms with Crippen LogP contribution in [0.4, 0.5) is 11.6 Å². The van der Waals surface area contributed by atoms with Crippen LogP contribution in [0.2, 0.25) is 0 Å². The smallest absolute Gasteiger partial charge is 0.220 e. The number of nitrogens with zero attached hydrogens (tertiary/aromatic N) is 10. The molecule has 0 spiro atoms. The second-order valence-corrected chi connectivity index (χ2v) is 19.0. The van der Waals surface area contributed by atoms with Gasteiger partial charge >= 0.3 is 0 Å². The number of fused-ring (bicyclic) bond motifs is 6. The van der Waals surface area contributed by atoms with Gasteiger partial charge in [0.1, 0.15) is 22.7 Å². The van der Waals surface area contributed by atoms with E-state index in [9.17, 15) is 20.1 Å². The maximum absolute atomic E-state index is 13.0. The summed E-state index contributed by atoms with van der Waals surface area (Å²) in [6, 6.07) is 36.5. The van der Waals surface area contributed by atoms with Gasteiger partial charge in [0, 0.05) is 62.6 Å². The molecule has 8 rings (SSSR count). The highest BCUT2D eigenvalue weighted by molar-refractivity contribution is 6.07. The van der Waals surface area contributed by atoms with Crippen LogP contribution in [0.1, 0.15) is 113 Å². The van der Waals surface area contributed by atoms with Gasteiger partial charge in [0.2, 0.25) is 11.8 Å². The predicted molar refractivity (Wildman–Crippen MR) is 282 cm³/mol. The molecule has 0 fully saturated rings. The molecule has 0 radical (unpaired) electrons. The van der Waals surface area contributed by atoms with Gasteiger partial charge in [-0.1, -0.05) is 112 Å². The molecule has 16 nitrogen and oxygen atoms in total. The Morgan fingerprint density at radius 1 is 0.583 bits per heavy atom. The number of benzene rings is 4. The average Bonchev–Trinajstić information content (AvgIpc) is 3.96. The van der Waals surface area contributed by atoms with Crippen LogP contribution in [0.15, 0.2) is 107 Å². The quantitative estimate of drug-likeness (QED) is 0.0468. The predicted octanol–water partition coefficient (Wildman–Crippen LogP) is 9.94. The van der Waals surface area contributed by atoms with Gasteiger partial charge in [0.15, 0.2) is 22.7 Å². The molecule has 0 aliphatic rings. The number of pyridine rings is 2. The summed E-state index contributed by atoms with van der Waals surface area (Å²) in [7, 11) is 0. The topological polar surface area (TPSA) is 244 Å². The molecule has 2 atom stereocenters. The number of carbonyl (C=O) groups excluding carboxylic acids is 2. The summed E-state index contributed by atoms with van der Waals surface area (Å²) in [6.07, 6.45) is 5.98. The first kappa shape index (κ1) is 50.2. The molecule has 2 unspecified atom stereocenters. The Bertz CT molecular complexity index is 3140. The highest BCUT2D eigenvalue weighted by Gasteiger charge is 2.30. The van der Waals surface area contributed by atoms with Gasteiger partial charge in [-0.05, 0) is 73.9 Å². The lowest BCUT2D eigenvalue weighted by molar-refractivity contribution is -0.122. The third-order valence-electron chi connectivity index (χ3n) is 13.2. The van der Waals surface area contributed by atoms with Crippen molar-refractivity contribution in [3.63, 3.8) is 0 Å². The zero-order chi connectivity index (χ0) is 50.8. The molecule has 0 aliphatic heterocycles. The van der Waals surface area contributed by atoms with E-state index in [1.165, 1.54) is 0 Å². The first-order valence-electron chi connectivity index (χ1n) is 24.9. The SMILES string of the molecule is CCCCc1nc2c(N)nc3ccccc3c2n1Cc1ccc(CNC(=O)CCC(C)(C#N)/N=N/C(C)(C#N)CCC(=O)NCc2ccc(Cn3c(CCCC)nc4c(N)nc5ccccc5c43)cc2)cc1. The molecule has 0 saturated heterocycles. The van der Waals surface area contributed by atoms with E-state index in [0.717, 1.165) is 116 Å². The Morgan fingerprint density at radius 3 is 1.33 bits per heavy atom. The maximum atomic E-state index is 13.0. The van der Waals surface area contributed by atoms with E-state index in [2.05, 4.69) is 102 Å². The third-order valence-corrected chi connectivity index (χ3v) is 13.2. The Hall–Kier alpha value is -8.24. The lowest BCUT2D eigenvalue weighted by atomic mass is 9.97. The fourth-order valence-electron chi connectivity index (χ4n) is 8.86. The molecule has 6 N–H and O–H groups in total. The number of hydrogen-bond donors (Lipinski definition) is 4. The summed E-state index contributed by atoms with van der Waals surface area (Å²) in [5.41, 5.74) is 19.2. The maximum Gasteiger partial charge on any atom is 0.220 e. The number of unbranched alkanes of at least 4 members (excludes halogenated alkanes) is 2. The first-order chi connectivity index (χ1) is 34.8. The molecule has 2 amide bonds. The number of hydrogen-bond acceptors (Lipinski definition) is 12. The molecule has 8 aromatic rings. The van der Waals surface area contributed by atoms with E-state index in [1.54, 1.807) is 13.8 Å². The van der Waals surface area contributed by atoms with Crippen LogP contribution in [-0.2, 0) is 48.6 Å². The van der Waals surface area contributed by atoms with Gasteiger partial charge < -0.3 is 31.2 Å². The van der Waals surface area contributed by atoms with Crippen LogP contribution in [0.5, 0.6) is 0 Å². The Labute approximate surface area is 419 Å². The highest BCUT2D eigenvalue weighted by Crippen LogP contribution is 2.32. The summed E-state index contributed by atoms with van der Waals surface area (Å²) in [5.74, 6) is 2.30. The molecule has 4 heterocycles. The van der Waals surface area contributed by atoms with Crippen molar-refractivity contribution in [2.24, 2.45) is 10.2 Å². The summed E-state index contributed by atoms with van der Waals surface area (Å²) < 4.78 is 4.49. The number of rotatable bonds is 22. The number of nitrogens with one attached hydrogen (secondary N) is 2. The van der Waals surface area contributed by atoms with E-state index in [4.69, 9.17) is 21.4 Å². The molecular formula is C56H62N14O2. The van der Waals surface area contributed by atoms with Crippen molar-refractivity contribution in [3.05, 3.63) is 131 Å². The molecule has 4 aromatic heterocycles. The van der Waals surface area contributed by atoms with Crippen LogP contribution < -0.4 is 22.1 Å². The average molecular weight is 963 g/mol. The van der Waals surface area contributed by atoms with Crippen molar-refractivity contribution in [2.45, 2.75) is 129 Å². The molecule has 0 bridgehead atoms. The van der Waals surface area contributed by atoms with Crippen molar-refractivity contribution in [1.29, 1.82) is 10.5 Å². The van der Waals surface area contributed by atoms with Crippen molar-refractivity contribution < 1.29 is 9.59 Å². The van der Waals surface area contributed by atoms with E-state index < -0.39 is 11.1 Å². The zero-order valence-corrected chi connectivity index (χ0v) is 41.6. The van der Waals surface area contributed by atoms with Gasteiger partial charge in [-0.25, -0.2) is 19.9 Å². The normalized spacial score (nSPS) is 13.3. The number of azo groups is 1. The summed E-state index contributed by atoms with van der Waals surface area (Å²) in [6.45, 7) is 9.32. The number of nitrogens with two attached hydrogens (primary N) is 2. The minimum atomic E-state index is -1.36. The summed E-state index contributed by atoms with van der Waals surface area (Å²) in [4.78, 5) is 45.2. The van der Waals surface area contributed by atoms with E-state index in [0.29, 0.717) is 37.8 Å². The molecule has 0 aliphatic carbocycles. The largest absolute Gasteiger partial charge is 0.382 e. The Kier molecular flexibility index (Phi) is 15.5. The fourth-order valence-corrected chi connectivity index (χ4v) is 8.86. The van der Waals surface area contributed by atoms with Gasteiger partial charge in [-0.3, -0.25) is 9.59 Å². The van der Waals surface area contributed by atoms with Gasteiger partial charge in [0.25, 0.3) is 0 Å². The first-order valence-corrected chi connectivity index (χ1v) is 24.9. The number of para-hydroxylation sites is 2. The molecule has 368 valence electrons. The van der Waals surface area contributed by atoms with E-state index in [1.807, 2.05) is 60.7 Å². The van der Waals surface area contributed by atoms with Crippen molar-refractivity contribution in [3.8, 4) is 12.1 Å². The minimum absolute atomic E-state index is 0.0263. The van der Waals surface area contributed by atoms with Crippen LogP contribution in [0.3, 0.4) is 0 Å². The number of anilines is 2. The Balaban J connectivity index is 0.808. The number of aryl methyl sites for hydroxylation is 2. The number of carbonyl (C=O) groups is 2.